The van der Waals surface area contributed by atoms with E-state index in [2.05, 4.69) is 55.2 Å². The van der Waals surface area contributed by atoms with Gasteiger partial charge in [0.2, 0.25) is 5.91 Å². The molecule has 1 aromatic rings. The maximum absolute atomic E-state index is 12.8. The van der Waals surface area contributed by atoms with Crippen LogP contribution < -0.4 is 5.32 Å². The van der Waals surface area contributed by atoms with Gasteiger partial charge in [0.15, 0.2) is 0 Å². The fourth-order valence-corrected chi connectivity index (χ4v) is 4.05. The zero-order valence-corrected chi connectivity index (χ0v) is 13.5. The second-order valence-electron chi connectivity index (χ2n) is 6.40. The van der Waals surface area contributed by atoms with Crippen molar-refractivity contribution in [2.45, 2.75) is 44.4 Å². The van der Waals surface area contributed by atoms with Gasteiger partial charge in [0.1, 0.15) is 11.7 Å². The molecule has 1 aromatic heterocycles. The van der Waals surface area contributed by atoms with Gasteiger partial charge in [-0.1, -0.05) is 0 Å². The first-order valence-electron chi connectivity index (χ1n) is 7.24. The molecule has 0 aromatic carbocycles. The van der Waals surface area contributed by atoms with Crippen LogP contribution in [0.1, 0.15) is 35.7 Å². The highest BCUT2D eigenvalue weighted by molar-refractivity contribution is 7.12. The van der Waals surface area contributed by atoms with E-state index in [0.29, 0.717) is 5.91 Å². The number of carbonyl (C=O) groups excluding carboxylic acids is 1. The zero-order valence-electron chi connectivity index (χ0n) is 12.6. The summed E-state index contributed by atoms with van der Waals surface area (Å²) in [5, 5.41) is 3.59. The summed E-state index contributed by atoms with van der Waals surface area (Å²) in [6.45, 7) is 5.16. The van der Waals surface area contributed by atoms with Gasteiger partial charge in [0.05, 0.1) is 0 Å². The molecule has 2 atom stereocenters. The standard InChI is InChI=1S/C15H23N3OS/c1-10(9-17(3)4)18-13(12-6-5-11(2)20-12)16-15(7-8-15)14(18)19/h5-6,10,13,16H,7-9H2,1-4H3. The second-order valence-corrected chi connectivity index (χ2v) is 7.72. The fraction of sp³-hybridized carbons (Fsp3) is 0.667. The molecule has 1 aliphatic heterocycles. The summed E-state index contributed by atoms with van der Waals surface area (Å²) in [7, 11) is 4.11. The van der Waals surface area contributed by atoms with Gasteiger partial charge in [-0.25, -0.2) is 0 Å². The lowest BCUT2D eigenvalue weighted by Gasteiger charge is -2.31. The zero-order chi connectivity index (χ0) is 14.5. The molecule has 0 bridgehead atoms. The van der Waals surface area contributed by atoms with Crippen LogP contribution in [0.3, 0.4) is 0 Å². The van der Waals surface area contributed by atoms with Crippen molar-refractivity contribution in [1.82, 2.24) is 15.1 Å². The lowest BCUT2D eigenvalue weighted by atomic mass is 10.2. The van der Waals surface area contributed by atoms with Crippen molar-refractivity contribution in [2.24, 2.45) is 0 Å². The number of aryl methyl sites for hydroxylation is 1. The van der Waals surface area contributed by atoms with Crippen molar-refractivity contribution in [3.63, 3.8) is 0 Å². The van der Waals surface area contributed by atoms with Crippen molar-refractivity contribution >= 4 is 17.2 Å². The van der Waals surface area contributed by atoms with Gasteiger partial charge < -0.3 is 9.80 Å². The molecule has 1 amide bonds. The van der Waals surface area contributed by atoms with E-state index >= 15 is 0 Å². The second kappa shape index (κ2) is 4.83. The number of amides is 1. The lowest BCUT2D eigenvalue weighted by molar-refractivity contribution is -0.133. The number of thiophene rings is 1. The van der Waals surface area contributed by atoms with Crippen molar-refractivity contribution in [1.29, 1.82) is 0 Å². The molecule has 2 heterocycles. The van der Waals surface area contributed by atoms with Gasteiger partial charge in [-0.05, 0) is 52.9 Å². The van der Waals surface area contributed by atoms with E-state index in [4.69, 9.17) is 0 Å². The number of hydrogen-bond acceptors (Lipinski definition) is 4. The topological polar surface area (TPSA) is 35.6 Å². The van der Waals surface area contributed by atoms with Crippen LogP contribution >= 0.6 is 11.3 Å². The molecule has 5 heteroatoms. The molecule has 0 radical (unpaired) electrons. The van der Waals surface area contributed by atoms with Gasteiger partial charge >= 0.3 is 0 Å². The first-order valence-corrected chi connectivity index (χ1v) is 8.06. The monoisotopic (exact) mass is 293 g/mol. The Balaban J connectivity index is 1.88. The number of hydrogen-bond donors (Lipinski definition) is 1. The average molecular weight is 293 g/mol. The van der Waals surface area contributed by atoms with Gasteiger partial charge in [-0.3, -0.25) is 10.1 Å². The molecule has 2 fully saturated rings. The van der Waals surface area contributed by atoms with Crippen molar-refractivity contribution < 1.29 is 4.79 Å². The van der Waals surface area contributed by atoms with Crippen molar-refractivity contribution in [3.8, 4) is 0 Å². The Morgan fingerprint density at radius 2 is 2.20 bits per heavy atom. The largest absolute Gasteiger partial charge is 0.316 e. The molecule has 3 rings (SSSR count). The first kappa shape index (κ1) is 14.0. The highest BCUT2D eigenvalue weighted by atomic mass is 32.1. The van der Waals surface area contributed by atoms with Crippen molar-refractivity contribution in [3.05, 3.63) is 21.9 Å². The van der Waals surface area contributed by atoms with E-state index in [0.717, 1.165) is 19.4 Å². The average Bonchev–Trinajstić information content (AvgIpc) is 2.91. The number of nitrogens with zero attached hydrogens (tertiary/aromatic N) is 2. The normalized spacial score (nSPS) is 25.8. The summed E-state index contributed by atoms with van der Waals surface area (Å²) in [4.78, 5) is 19.5. The fourth-order valence-electron chi connectivity index (χ4n) is 3.12. The molecule has 1 N–H and O–H groups in total. The van der Waals surface area contributed by atoms with Gasteiger partial charge in [-0.2, -0.15) is 0 Å². The smallest absolute Gasteiger partial charge is 0.244 e. The lowest BCUT2D eigenvalue weighted by Crippen LogP contribution is -2.43. The van der Waals surface area contributed by atoms with E-state index < -0.39 is 0 Å². The van der Waals surface area contributed by atoms with Crippen molar-refractivity contribution in [2.75, 3.05) is 20.6 Å². The van der Waals surface area contributed by atoms with Crippen LogP contribution in [0.4, 0.5) is 0 Å². The Hall–Kier alpha value is -0.910. The highest BCUT2D eigenvalue weighted by Gasteiger charge is 2.60. The van der Waals surface area contributed by atoms with Crippen LogP contribution in [0.5, 0.6) is 0 Å². The third-order valence-electron chi connectivity index (χ3n) is 4.22. The Bertz CT molecular complexity index is 521. The number of rotatable bonds is 4. The van der Waals surface area contributed by atoms with Crippen LogP contribution in [-0.4, -0.2) is 47.9 Å². The van der Waals surface area contributed by atoms with E-state index in [1.165, 1.54) is 9.75 Å². The molecule has 1 aliphatic carbocycles. The maximum atomic E-state index is 12.8. The number of carbonyl (C=O) groups is 1. The summed E-state index contributed by atoms with van der Waals surface area (Å²) in [5.41, 5.74) is -0.247. The Labute approximate surface area is 124 Å². The molecule has 1 spiro atoms. The van der Waals surface area contributed by atoms with E-state index in [9.17, 15) is 4.79 Å². The van der Waals surface area contributed by atoms with Gasteiger partial charge in [0, 0.05) is 22.3 Å². The summed E-state index contributed by atoms with van der Waals surface area (Å²) in [5.74, 6) is 0.294. The summed E-state index contributed by atoms with van der Waals surface area (Å²) in [6, 6.07) is 4.51. The minimum absolute atomic E-state index is 0.0543. The predicted octanol–water partition coefficient (Wildman–Crippen LogP) is 1.97. The molecule has 20 heavy (non-hydrogen) atoms. The highest BCUT2D eigenvalue weighted by Crippen LogP contribution is 2.47. The first-order chi connectivity index (χ1) is 9.43. The SMILES string of the molecule is Cc1ccc(C2NC3(CC3)C(=O)N2C(C)CN(C)C)s1. The molecule has 4 nitrogen and oxygen atoms in total. The Morgan fingerprint density at radius 3 is 2.70 bits per heavy atom. The Kier molecular flexibility index (Phi) is 3.39. The van der Waals surface area contributed by atoms with Crippen LogP contribution in [-0.2, 0) is 4.79 Å². The minimum Gasteiger partial charge on any atom is -0.316 e. The Morgan fingerprint density at radius 1 is 1.50 bits per heavy atom. The molecular formula is C15H23N3OS. The summed E-state index contributed by atoms with van der Waals surface area (Å²) < 4.78 is 0. The molecule has 2 unspecified atom stereocenters. The predicted molar refractivity (Wildman–Crippen MR) is 81.8 cm³/mol. The molecule has 110 valence electrons. The number of likely N-dealkylation sites (N-methyl/N-ethyl adjacent to an activating group) is 1. The molecule has 1 saturated heterocycles. The molecule has 1 saturated carbocycles. The summed E-state index contributed by atoms with van der Waals surface area (Å²) >= 11 is 1.79. The molecule has 2 aliphatic rings. The molecular weight excluding hydrogens is 270 g/mol. The quantitative estimate of drug-likeness (QED) is 0.922. The van der Waals surface area contributed by atoms with E-state index in [1.807, 2.05) is 0 Å². The van der Waals surface area contributed by atoms with Crippen LogP contribution in [0.2, 0.25) is 0 Å². The number of nitrogens with one attached hydrogen (secondary N) is 1. The third-order valence-corrected chi connectivity index (χ3v) is 5.27. The minimum atomic E-state index is -0.247. The van der Waals surface area contributed by atoms with Crippen LogP contribution in [0.15, 0.2) is 12.1 Å². The third kappa shape index (κ3) is 2.28. The van der Waals surface area contributed by atoms with E-state index in [-0.39, 0.29) is 17.7 Å². The van der Waals surface area contributed by atoms with Gasteiger partial charge in [0.25, 0.3) is 0 Å². The van der Waals surface area contributed by atoms with Crippen LogP contribution in [0, 0.1) is 6.92 Å². The van der Waals surface area contributed by atoms with E-state index in [1.54, 1.807) is 11.3 Å². The van der Waals surface area contributed by atoms with Gasteiger partial charge in [-0.15, -0.1) is 11.3 Å². The maximum Gasteiger partial charge on any atom is 0.244 e. The van der Waals surface area contributed by atoms with Crippen LogP contribution in [0.25, 0.3) is 0 Å². The summed E-state index contributed by atoms with van der Waals surface area (Å²) in [6.07, 6.45) is 2.02.